The van der Waals surface area contributed by atoms with Crippen LogP contribution in [0.25, 0.3) is 33.3 Å². The molecule has 0 fully saturated rings. The highest BCUT2D eigenvalue weighted by Gasteiger charge is 2.07. The number of fused-ring (bicyclic) bond motifs is 1. The molecule has 4 rings (SSSR count). The van der Waals surface area contributed by atoms with Crippen LogP contribution >= 0.6 is 0 Å². The van der Waals surface area contributed by atoms with Crippen molar-refractivity contribution in [2.24, 2.45) is 0 Å². The second kappa shape index (κ2) is 5.69. The van der Waals surface area contributed by atoms with Crippen molar-refractivity contribution in [2.45, 2.75) is 6.92 Å². The molecule has 0 aliphatic carbocycles. The molecular weight excluding hydrogens is 278 g/mol. The second-order valence-corrected chi connectivity index (χ2v) is 5.79. The smallest absolute Gasteiger partial charge is 0.0738 e. The van der Waals surface area contributed by atoms with E-state index in [1.807, 2.05) is 12.1 Å². The zero-order valence-electron chi connectivity index (χ0n) is 13.0. The lowest BCUT2D eigenvalue weighted by Crippen LogP contribution is -1.90. The van der Waals surface area contributed by atoms with Gasteiger partial charge in [-0.3, -0.25) is 0 Å². The summed E-state index contributed by atoms with van der Waals surface area (Å²) in [4.78, 5) is 4.88. The van der Waals surface area contributed by atoms with Gasteiger partial charge in [0.2, 0.25) is 0 Å². The maximum absolute atomic E-state index is 4.88. The van der Waals surface area contributed by atoms with Crippen LogP contribution in [0.15, 0.2) is 84.9 Å². The molecule has 0 atom stereocenters. The number of benzene rings is 3. The maximum Gasteiger partial charge on any atom is 0.0738 e. The first-order valence-corrected chi connectivity index (χ1v) is 7.83. The predicted octanol–water partition coefficient (Wildman–Crippen LogP) is 5.88. The van der Waals surface area contributed by atoms with Gasteiger partial charge in [0.05, 0.1) is 11.2 Å². The van der Waals surface area contributed by atoms with Crippen molar-refractivity contribution in [1.82, 2.24) is 4.98 Å². The van der Waals surface area contributed by atoms with Crippen LogP contribution in [-0.2, 0) is 0 Å². The Labute approximate surface area is 136 Å². The second-order valence-electron chi connectivity index (χ2n) is 5.79. The van der Waals surface area contributed by atoms with Gasteiger partial charge in [-0.05, 0) is 41.8 Å². The molecule has 1 aromatic heterocycles. The summed E-state index contributed by atoms with van der Waals surface area (Å²) in [6.45, 7) is 2.13. The van der Waals surface area contributed by atoms with E-state index in [4.69, 9.17) is 4.98 Å². The normalized spacial score (nSPS) is 10.8. The third-order valence-corrected chi connectivity index (χ3v) is 4.16. The highest BCUT2D eigenvalue weighted by atomic mass is 14.7. The molecule has 0 spiro atoms. The fourth-order valence-electron chi connectivity index (χ4n) is 2.98. The van der Waals surface area contributed by atoms with Gasteiger partial charge in [-0.25, -0.2) is 4.98 Å². The molecule has 1 nitrogen and oxygen atoms in total. The summed E-state index contributed by atoms with van der Waals surface area (Å²) in [5, 5.41) is 1.18. The van der Waals surface area contributed by atoms with Crippen LogP contribution in [0.1, 0.15) is 5.56 Å². The van der Waals surface area contributed by atoms with Gasteiger partial charge in [0.25, 0.3) is 0 Å². The molecule has 0 amide bonds. The molecule has 1 heteroatoms. The third-order valence-electron chi connectivity index (χ3n) is 4.16. The molecular formula is C22H17N. The molecule has 0 aliphatic heterocycles. The quantitative estimate of drug-likeness (QED) is 0.450. The van der Waals surface area contributed by atoms with Gasteiger partial charge < -0.3 is 0 Å². The molecule has 0 saturated heterocycles. The minimum absolute atomic E-state index is 1.04. The number of nitrogens with zero attached hydrogens (tertiary/aromatic N) is 1. The first kappa shape index (κ1) is 13.7. The fraction of sp³-hybridized carbons (Fsp3) is 0.0455. The van der Waals surface area contributed by atoms with Crippen LogP contribution < -0.4 is 0 Å². The zero-order valence-corrected chi connectivity index (χ0v) is 13.0. The van der Waals surface area contributed by atoms with Crippen LogP contribution in [0.2, 0.25) is 0 Å². The molecule has 23 heavy (non-hydrogen) atoms. The highest BCUT2D eigenvalue weighted by Crippen LogP contribution is 2.28. The standard InChI is InChI=1S/C22H17N/c1-16-14-20-15-19(17-8-4-2-5-9-17)12-13-21(20)23-22(16)18-10-6-3-7-11-18/h2-15H,1H3. The summed E-state index contributed by atoms with van der Waals surface area (Å²) >= 11 is 0. The van der Waals surface area contributed by atoms with Gasteiger partial charge >= 0.3 is 0 Å². The number of aryl methyl sites for hydroxylation is 1. The van der Waals surface area contributed by atoms with E-state index in [0.29, 0.717) is 0 Å². The zero-order chi connectivity index (χ0) is 15.6. The summed E-state index contributed by atoms with van der Waals surface area (Å²) in [5.41, 5.74) is 6.93. The SMILES string of the molecule is Cc1cc2cc(-c3ccccc3)ccc2nc1-c1ccccc1. The van der Waals surface area contributed by atoms with E-state index in [9.17, 15) is 0 Å². The average molecular weight is 295 g/mol. The summed E-state index contributed by atoms with van der Waals surface area (Å²) in [5.74, 6) is 0. The van der Waals surface area contributed by atoms with Gasteiger partial charge in [0.15, 0.2) is 0 Å². The van der Waals surface area contributed by atoms with Crippen LogP contribution in [0, 0.1) is 6.92 Å². The molecule has 1 heterocycles. The molecule has 0 saturated carbocycles. The highest BCUT2D eigenvalue weighted by molar-refractivity contribution is 5.87. The van der Waals surface area contributed by atoms with Gasteiger partial charge in [-0.2, -0.15) is 0 Å². The predicted molar refractivity (Wildman–Crippen MR) is 97.4 cm³/mol. The average Bonchev–Trinajstić information content (AvgIpc) is 2.62. The topological polar surface area (TPSA) is 12.9 Å². The van der Waals surface area contributed by atoms with E-state index in [2.05, 4.69) is 79.7 Å². The maximum atomic E-state index is 4.88. The fourth-order valence-corrected chi connectivity index (χ4v) is 2.98. The Morgan fingerprint density at radius 1 is 0.609 bits per heavy atom. The van der Waals surface area contributed by atoms with E-state index < -0.39 is 0 Å². The summed E-state index contributed by atoms with van der Waals surface area (Å²) < 4.78 is 0. The number of hydrogen-bond acceptors (Lipinski definition) is 1. The van der Waals surface area contributed by atoms with E-state index in [1.54, 1.807) is 0 Å². The van der Waals surface area contributed by atoms with Crippen LogP contribution in [0.4, 0.5) is 0 Å². The Morgan fingerprint density at radius 2 is 1.26 bits per heavy atom. The monoisotopic (exact) mass is 295 g/mol. The molecule has 0 bridgehead atoms. The molecule has 4 aromatic rings. The van der Waals surface area contributed by atoms with Gasteiger partial charge in [-0.1, -0.05) is 66.7 Å². The molecule has 0 N–H and O–H groups in total. The summed E-state index contributed by atoms with van der Waals surface area (Å²) in [6, 6.07) is 29.5. The number of rotatable bonds is 2. The Bertz CT molecular complexity index is 957. The van der Waals surface area contributed by atoms with Crippen molar-refractivity contribution in [3.05, 3.63) is 90.5 Å². The van der Waals surface area contributed by atoms with Crippen molar-refractivity contribution < 1.29 is 0 Å². The van der Waals surface area contributed by atoms with E-state index >= 15 is 0 Å². The third kappa shape index (κ3) is 2.62. The largest absolute Gasteiger partial charge is 0.248 e. The number of pyridine rings is 1. The van der Waals surface area contributed by atoms with E-state index in [-0.39, 0.29) is 0 Å². The Kier molecular flexibility index (Phi) is 3.39. The molecule has 0 unspecified atom stereocenters. The van der Waals surface area contributed by atoms with Gasteiger partial charge in [-0.15, -0.1) is 0 Å². The number of aromatic nitrogens is 1. The molecule has 3 aromatic carbocycles. The molecule has 0 aliphatic rings. The summed E-state index contributed by atoms with van der Waals surface area (Å²) in [6.07, 6.45) is 0. The van der Waals surface area contributed by atoms with Crippen molar-refractivity contribution >= 4 is 10.9 Å². The Balaban J connectivity index is 1.86. The minimum Gasteiger partial charge on any atom is -0.248 e. The van der Waals surface area contributed by atoms with Crippen LogP contribution in [0.5, 0.6) is 0 Å². The van der Waals surface area contributed by atoms with Crippen molar-refractivity contribution in [3.63, 3.8) is 0 Å². The van der Waals surface area contributed by atoms with Crippen LogP contribution in [-0.4, -0.2) is 4.98 Å². The minimum atomic E-state index is 1.04. The lowest BCUT2D eigenvalue weighted by Gasteiger charge is -2.09. The first-order chi connectivity index (χ1) is 11.3. The summed E-state index contributed by atoms with van der Waals surface area (Å²) in [7, 11) is 0. The molecule has 0 radical (unpaired) electrons. The van der Waals surface area contributed by atoms with Gasteiger partial charge in [0, 0.05) is 10.9 Å². The van der Waals surface area contributed by atoms with Crippen LogP contribution in [0.3, 0.4) is 0 Å². The number of hydrogen-bond donors (Lipinski definition) is 0. The lowest BCUT2D eigenvalue weighted by atomic mass is 10.0. The van der Waals surface area contributed by atoms with Gasteiger partial charge in [0.1, 0.15) is 0 Å². The van der Waals surface area contributed by atoms with Crippen molar-refractivity contribution in [2.75, 3.05) is 0 Å². The van der Waals surface area contributed by atoms with E-state index in [1.165, 1.54) is 27.6 Å². The first-order valence-electron chi connectivity index (χ1n) is 7.83. The van der Waals surface area contributed by atoms with Crippen molar-refractivity contribution in [1.29, 1.82) is 0 Å². The molecule has 110 valence electrons. The van der Waals surface area contributed by atoms with E-state index in [0.717, 1.165) is 11.2 Å². The lowest BCUT2D eigenvalue weighted by molar-refractivity contribution is 1.33. The van der Waals surface area contributed by atoms with Crippen molar-refractivity contribution in [3.8, 4) is 22.4 Å². The Hall–Kier alpha value is -2.93. The Morgan fingerprint density at radius 3 is 1.96 bits per heavy atom.